The van der Waals surface area contributed by atoms with Gasteiger partial charge in [0.05, 0.1) is 19.5 Å². The van der Waals surface area contributed by atoms with E-state index in [4.69, 9.17) is 9.47 Å². The third-order valence-corrected chi connectivity index (χ3v) is 6.49. The zero-order chi connectivity index (χ0) is 16.7. The third kappa shape index (κ3) is 2.30. The molecule has 0 saturated heterocycles. The maximum atomic E-state index is 5.83. The van der Waals surface area contributed by atoms with Gasteiger partial charge in [-0.15, -0.1) is 0 Å². The van der Waals surface area contributed by atoms with Crippen molar-refractivity contribution in [3.63, 3.8) is 0 Å². The Morgan fingerprint density at radius 1 is 1.17 bits per heavy atom. The van der Waals surface area contributed by atoms with Gasteiger partial charge in [-0.25, -0.2) is 0 Å². The molecule has 0 fully saturated rings. The van der Waals surface area contributed by atoms with Crippen LogP contribution < -0.4 is 4.74 Å². The van der Waals surface area contributed by atoms with Gasteiger partial charge in [-0.1, -0.05) is 24.6 Å². The normalized spacial score (nSPS) is 28.5. The van der Waals surface area contributed by atoms with Crippen LogP contribution in [0.25, 0.3) is 5.57 Å². The molecule has 4 rings (SSSR count). The van der Waals surface area contributed by atoms with Gasteiger partial charge in [-0.2, -0.15) is 0 Å². The summed E-state index contributed by atoms with van der Waals surface area (Å²) >= 11 is 0. The minimum absolute atomic E-state index is 0.314. The average molecular weight is 324 g/mol. The monoisotopic (exact) mass is 324 g/mol. The van der Waals surface area contributed by atoms with Gasteiger partial charge in [-0.05, 0) is 73.6 Å². The van der Waals surface area contributed by atoms with Gasteiger partial charge in [-0.3, -0.25) is 0 Å². The van der Waals surface area contributed by atoms with E-state index in [0.717, 1.165) is 25.2 Å². The highest BCUT2D eigenvalue weighted by Gasteiger charge is 2.44. The molecule has 0 saturated carbocycles. The van der Waals surface area contributed by atoms with Crippen LogP contribution in [0.4, 0.5) is 0 Å². The minimum Gasteiger partial charge on any atom is -0.499 e. The topological polar surface area (TPSA) is 18.5 Å². The molecule has 128 valence electrons. The largest absolute Gasteiger partial charge is 0.499 e. The first kappa shape index (κ1) is 15.8. The lowest BCUT2D eigenvalue weighted by atomic mass is 9.57. The van der Waals surface area contributed by atoms with Gasteiger partial charge in [0.15, 0.2) is 0 Å². The number of hydrogen-bond acceptors (Lipinski definition) is 2. The summed E-state index contributed by atoms with van der Waals surface area (Å²) < 4.78 is 11.4. The van der Waals surface area contributed by atoms with Crippen LogP contribution in [-0.4, -0.2) is 13.7 Å². The summed E-state index contributed by atoms with van der Waals surface area (Å²) in [5.74, 6) is 2.93. The van der Waals surface area contributed by atoms with E-state index in [9.17, 15) is 0 Å². The molecule has 0 heterocycles. The first-order valence-electron chi connectivity index (χ1n) is 9.39. The van der Waals surface area contributed by atoms with Gasteiger partial charge >= 0.3 is 0 Å². The molecule has 3 aliphatic rings. The van der Waals surface area contributed by atoms with Crippen molar-refractivity contribution in [3.05, 3.63) is 46.7 Å². The maximum Gasteiger partial charge on any atom is 0.122 e. The number of benzene rings is 1. The zero-order valence-corrected chi connectivity index (χ0v) is 15.2. The van der Waals surface area contributed by atoms with Gasteiger partial charge in [0.1, 0.15) is 5.75 Å². The Morgan fingerprint density at radius 3 is 2.83 bits per heavy atom. The molecule has 2 atom stereocenters. The molecule has 0 amide bonds. The number of allylic oxidation sites excluding steroid dienone is 4. The lowest BCUT2D eigenvalue weighted by Gasteiger charge is -2.48. The van der Waals surface area contributed by atoms with Crippen molar-refractivity contribution < 1.29 is 9.47 Å². The first-order chi connectivity index (χ1) is 11.7. The number of ether oxygens (including phenoxy) is 2. The van der Waals surface area contributed by atoms with Gasteiger partial charge < -0.3 is 9.47 Å². The van der Waals surface area contributed by atoms with Crippen molar-refractivity contribution in [1.82, 2.24) is 0 Å². The van der Waals surface area contributed by atoms with Gasteiger partial charge in [0, 0.05) is 12.0 Å². The second kappa shape index (κ2) is 5.98. The Labute approximate surface area is 145 Å². The minimum atomic E-state index is 0.314. The fourth-order valence-corrected chi connectivity index (χ4v) is 5.22. The summed E-state index contributed by atoms with van der Waals surface area (Å²) in [4.78, 5) is 0. The summed E-state index contributed by atoms with van der Waals surface area (Å²) in [5, 5.41) is 0. The first-order valence-corrected chi connectivity index (χ1v) is 9.39. The second-order valence-electron chi connectivity index (χ2n) is 7.57. The van der Waals surface area contributed by atoms with Crippen molar-refractivity contribution in [2.75, 3.05) is 13.7 Å². The highest BCUT2D eigenvalue weighted by Crippen LogP contribution is 2.57. The number of methoxy groups -OCH3 is 1. The maximum absolute atomic E-state index is 5.83. The molecule has 2 heteroatoms. The van der Waals surface area contributed by atoms with E-state index in [2.05, 4.69) is 38.1 Å². The molecule has 0 aliphatic heterocycles. The van der Waals surface area contributed by atoms with Crippen molar-refractivity contribution in [3.8, 4) is 5.75 Å². The second-order valence-corrected chi connectivity index (χ2v) is 7.57. The number of rotatable bonds is 3. The van der Waals surface area contributed by atoms with Crippen LogP contribution >= 0.6 is 0 Å². The Kier molecular flexibility index (Phi) is 3.94. The Bertz CT molecular complexity index is 713. The Balaban J connectivity index is 1.76. The molecule has 24 heavy (non-hydrogen) atoms. The molecule has 0 unspecified atom stereocenters. The fourth-order valence-electron chi connectivity index (χ4n) is 5.22. The molecular formula is C22H28O2. The Morgan fingerprint density at radius 2 is 2.04 bits per heavy atom. The van der Waals surface area contributed by atoms with Gasteiger partial charge in [0.2, 0.25) is 0 Å². The lowest BCUT2D eigenvalue weighted by molar-refractivity contribution is 0.152. The summed E-state index contributed by atoms with van der Waals surface area (Å²) in [6, 6.07) is 6.56. The smallest absolute Gasteiger partial charge is 0.122 e. The van der Waals surface area contributed by atoms with Crippen LogP contribution in [0.1, 0.15) is 57.1 Å². The van der Waals surface area contributed by atoms with Crippen LogP contribution in [0.2, 0.25) is 0 Å². The predicted octanol–water partition coefficient (Wildman–Crippen LogP) is 5.53. The Hall–Kier alpha value is -1.70. The third-order valence-electron chi connectivity index (χ3n) is 6.49. The summed E-state index contributed by atoms with van der Waals surface area (Å²) in [6.45, 7) is 5.37. The highest BCUT2D eigenvalue weighted by molar-refractivity contribution is 5.77. The molecule has 0 N–H and O–H groups in total. The quantitative estimate of drug-likeness (QED) is 0.728. The van der Waals surface area contributed by atoms with E-state index < -0.39 is 0 Å². The summed E-state index contributed by atoms with van der Waals surface area (Å²) in [6.07, 6.45) is 9.48. The average Bonchev–Trinajstić information content (AvgIpc) is 2.61. The van der Waals surface area contributed by atoms with Crippen LogP contribution in [0.5, 0.6) is 5.75 Å². The molecule has 3 aliphatic carbocycles. The van der Waals surface area contributed by atoms with Crippen molar-refractivity contribution in [2.24, 2.45) is 11.3 Å². The fraction of sp³-hybridized carbons (Fsp3) is 0.545. The van der Waals surface area contributed by atoms with Crippen molar-refractivity contribution in [1.29, 1.82) is 0 Å². The van der Waals surface area contributed by atoms with E-state index in [0.29, 0.717) is 11.3 Å². The van der Waals surface area contributed by atoms with Crippen LogP contribution in [0, 0.1) is 11.3 Å². The van der Waals surface area contributed by atoms with Crippen LogP contribution in [-0.2, 0) is 11.2 Å². The predicted molar refractivity (Wildman–Crippen MR) is 98.0 cm³/mol. The number of fused-ring (bicyclic) bond motifs is 4. The molecule has 0 aromatic heterocycles. The zero-order valence-electron chi connectivity index (χ0n) is 15.2. The van der Waals surface area contributed by atoms with Gasteiger partial charge in [0.25, 0.3) is 0 Å². The lowest BCUT2D eigenvalue weighted by Crippen LogP contribution is -2.36. The molecule has 2 nitrogen and oxygen atoms in total. The van der Waals surface area contributed by atoms with E-state index in [1.54, 1.807) is 18.3 Å². The van der Waals surface area contributed by atoms with E-state index in [-0.39, 0.29) is 0 Å². The summed E-state index contributed by atoms with van der Waals surface area (Å²) in [5.41, 5.74) is 6.51. The highest BCUT2D eigenvalue weighted by atomic mass is 16.5. The summed E-state index contributed by atoms with van der Waals surface area (Å²) in [7, 11) is 1.79. The number of hydrogen-bond donors (Lipinski definition) is 0. The van der Waals surface area contributed by atoms with E-state index in [1.165, 1.54) is 42.6 Å². The van der Waals surface area contributed by atoms with Crippen molar-refractivity contribution >= 4 is 5.57 Å². The standard InChI is InChI=1S/C22H28O2/c1-4-24-16-12-13-22(2)15(14-16)8-9-18-17-6-5-7-21(23-3)19(17)10-11-20(18)22/h5-7,14-15H,4,8-13H2,1-3H3/t15-,22+/m1/s1. The van der Waals surface area contributed by atoms with E-state index in [1.807, 2.05) is 0 Å². The van der Waals surface area contributed by atoms with Crippen LogP contribution in [0.15, 0.2) is 35.6 Å². The molecule has 0 bridgehead atoms. The van der Waals surface area contributed by atoms with Crippen molar-refractivity contribution in [2.45, 2.75) is 52.4 Å². The molecular weight excluding hydrogens is 296 g/mol. The SMILES string of the molecule is CCOC1=C[C@H]2CCC3=C(CCc4c(OC)cccc43)[C@@]2(C)CC1. The molecule has 1 aromatic carbocycles. The molecule has 0 radical (unpaired) electrons. The van der Waals surface area contributed by atoms with Crippen LogP contribution in [0.3, 0.4) is 0 Å². The molecule has 1 aromatic rings. The molecule has 0 spiro atoms. The van der Waals surface area contributed by atoms with E-state index >= 15 is 0 Å².